The van der Waals surface area contributed by atoms with E-state index >= 15 is 0 Å². The Balaban J connectivity index is 1.59. The van der Waals surface area contributed by atoms with Crippen LogP contribution in [0.2, 0.25) is 0 Å². The molecule has 1 saturated heterocycles. The van der Waals surface area contributed by atoms with Gasteiger partial charge >= 0.3 is 0 Å². The molecular weight excluding hydrogens is 354 g/mol. The van der Waals surface area contributed by atoms with Gasteiger partial charge in [-0.25, -0.2) is 5.43 Å². The van der Waals surface area contributed by atoms with Gasteiger partial charge in [0, 0.05) is 18.7 Å². The molecule has 6 nitrogen and oxygen atoms in total. The van der Waals surface area contributed by atoms with Crippen molar-refractivity contribution in [3.63, 3.8) is 0 Å². The SMILES string of the molecule is CCCCOc1ccc(C2NNCC2C(=O)NCc2ccccc2OC)cc1. The highest BCUT2D eigenvalue weighted by atomic mass is 16.5. The van der Waals surface area contributed by atoms with Crippen molar-refractivity contribution in [2.24, 2.45) is 5.92 Å². The van der Waals surface area contributed by atoms with E-state index in [1.165, 1.54) is 0 Å². The standard InChI is InChI=1S/C22H29N3O3/c1-3-4-13-28-18-11-9-16(10-12-18)21-19(15-24-25-21)22(26)23-14-17-7-5-6-8-20(17)27-2/h5-12,19,21,24-25H,3-4,13-15H2,1-2H3,(H,23,26). The van der Waals surface area contributed by atoms with E-state index in [1.807, 2.05) is 48.5 Å². The molecule has 1 aliphatic heterocycles. The minimum atomic E-state index is -0.193. The van der Waals surface area contributed by atoms with Crippen LogP contribution in [-0.2, 0) is 11.3 Å². The molecule has 2 atom stereocenters. The molecule has 0 radical (unpaired) electrons. The monoisotopic (exact) mass is 383 g/mol. The third kappa shape index (κ3) is 5.03. The summed E-state index contributed by atoms with van der Waals surface area (Å²) in [5.41, 5.74) is 8.35. The number of unbranched alkanes of at least 4 members (excludes halogenated alkanes) is 1. The van der Waals surface area contributed by atoms with Gasteiger partial charge < -0.3 is 14.8 Å². The molecule has 2 aromatic carbocycles. The molecule has 0 bridgehead atoms. The zero-order chi connectivity index (χ0) is 19.8. The molecule has 2 aromatic rings. The van der Waals surface area contributed by atoms with E-state index in [9.17, 15) is 4.79 Å². The number of rotatable bonds is 9. The van der Waals surface area contributed by atoms with E-state index in [0.717, 1.165) is 42.1 Å². The number of hydrogen-bond donors (Lipinski definition) is 3. The van der Waals surface area contributed by atoms with Crippen molar-refractivity contribution in [3.8, 4) is 11.5 Å². The summed E-state index contributed by atoms with van der Waals surface area (Å²) in [7, 11) is 1.64. The summed E-state index contributed by atoms with van der Waals surface area (Å²) in [6.45, 7) is 3.89. The van der Waals surface area contributed by atoms with Crippen LogP contribution in [-0.4, -0.2) is 26.2 Å². The van der Waals surface area contributed by atoms with Gasteiger partial charge in [-0.1, -0.05) is 43.7 Å². The fourth-order valence-corrected chi connectivity index (χ4v) is 3.33. The van der Waals surface area contributed by atoms with Gasteiger partial charge in [-0.15, -0.1) is 0 Å². The maximum Gasteiger partial charge on any atom is 0.226 e. The fraction of sp³-hybridized carbons (Fsp3) is 0.409. The van der Waals surface area contributed by atoms with Gasteiger partial charge in [-0.2, -0.15) is 0 Å². The number of carbonyl (C=O) groups excluding carboxylic acids is 1. The Labute approximate surface area is 166 Å². The van der Waals surface area contributed by atoms with Crippen molar-refractivity contribution >= 4 is 5.91 Å². The van der Waals surface area contributed by atoms with Crippen LogP contribution >= 0.6 is 0 Å². The normalized spacial score (nSPS) is 18.6. The Morgan fingerprint density at radius 3 is 2.71 bits per heavy atom. The third-order valence-electron chi connectivity index (χ3n) is 4.97. The van der Waals surface area contributed by atoms with Crippen molar-refractivity contribution in [2.45, 2.75) is 32.4 Å². The van der Waals surface area contributed by atoms with Crippen LogP contribution in [0, 0.1) is 5.92 Å². The number of hydrogen-bond acceptors (Lipinski definition) is 5. The first-order chi connectivity index (χ1) is 13.7. The lowest BCUT2D eigenvalue weighted by atomic mass is 9.94. The van der Waals surface area contributed by atoms with Crippen LogP contribution in [0.5, 0.6) is 11.5 Å². The molecule has 2 unspecified atom stereocenters. The number of ether oxygens (including phenoxy) is 2. The average molecular weight is 383 g/mol. The minimum Gasteiger partial charge on any atom is -0.496 e. The first kappa shape index (κ1) is 20.2. The average Bonchev–Trinajstić information content (AvgIpc) is 3.23. The smallest absolute Gasteiger partial charge is 0.226 e. The minimum absolute atomic E-state index is 0.0108. The van der Waals surface area contributed by atoms with Crippen LogP contribution in [0.1, 0.15) is 36.9 Å². The zero-order valence-corrected chi connectivity index (χ0v) is 16.5. The fourth-order valence-electron chi connectivity index (χ4n) is 3.33. The molecule has 3 N–H and O–H groups in total. The zero-order valence-electron chi connectivity index (χ0n) is 16.5. The quantitative estimate of drug-likeness (QED) is 0.581. The number of hydrazine groups is 1. The van der Waals surface area contributed by atoms with Crippen LogP contribution < -0.4 is 25.6 Å². The van der Waals surface area contributed by atoms with Crippen molar-refractivity contribution in [2.75, 3.05) is 20.3 Å². The van der Waals surface area contributed by atoms with Crippen LogP contribution in [0.3, 0.4) is 0 Å². The highest BCUT2D eigenvalue weighted by Gasteiger charge is 2.33. The van der Waals surface area contributed by atoms with E-state index < -0.39 is 0 Å². The first-order valence-corrected chi connectivity index (χ1v) is 9.83. The van der Waals surface area contributed by atoms with E-state index in [-0.39, 0.29) is 17.9 Å². The molecule has 1 heterocycles. The van der Waals surface area contributed by atoms with Crippen molar-refractivity contribution in [1.29, 1.82) is 0 Å². The predicted molar refractivity (Wildman–Crippen MR) is 109 cm³/mol. The van der Waals surface area contributed by atoms with E-state index in [2.05, 4.69) is 23.1 Å². The molecule has 1 aliphatic rings. The second-order valence-electron chi connectivity index (χ2n) is 6.91. The summed E-state index contributed by atoms with van der Waals surface area (Å²) in [6.07, 6.45) is 2.16. The summed E-state index contributed by atoms with van der Waals surface area (Å²) in [5.74, 6) is 1.46. The number of benzene rings is 2. The van der Waals surface area contributed by atoms with Crippen molar-refractivity contribution < 1.29 is 14.3 Å². The molecule has 0 saturated carbocycles. The number of nitrogens with one attached hydrogen (secondary N) is 3. The lowest BCUT2D eigenvalue weighted by Crippen LogP contribution is -2.34. The highest BCUT2D eigenvalue weighted by molar-refractivity contribution is 5.80. The Morgan fingerprint density at radius 2 is 1.96 bits per heavy atom. The summed E-state index contributed by atoms with van der Waals surface area (Å²) in [4.78, 5) is 12.8. The van der Waals surface area contributed by atoms with Gasteiger partial charge in [0.25, 0.3) is 0 Å². The third-order valence-corrected chi connectivity index (χ3v) is 4.97. The maximum atomic E-state index is 12.8. The summed E-state index contributed by atoms with van der Waals surface area (Å²) in [5, 5.41) is 3.04. The number of methoxy groups -OCH3 is 1. The van der Waals surface area contributed by atoms with E-state index in [0.29, 0.717) is 13.1 Å². The summed E-state index contributed by atoms with van der Waals surface area (Å²) >= 11 is 0. The lowest BCUT2D eigenvalue weighted by Gasteiger charge is -2.19. The van der Waals surface area contributed by atoms with Gasteiger partial charge in [-0.3, -0.25) is 10.2 Å². The van der Waals surface area contributed by atoms with Crippen LogP contribution in [0.25, 0.3) is 0 Å². The van der Waals surface area contributed by atoms with Crippen molar-refractivity contribution in [3.05, 3.63) is 59.7 Å². The Hall–Kier alpha value is -2.57. The molecule has 0 spiro atoms. The second-order valence-corrected chi connectivity index (χ2v) is 6.91. The van der Waals surface area contributed by atoms with Gasteiger partial charge in [0.05, 0.1) is 25.7 Å². The Kier molecular flexibility index (Phi) is 7.28. The molecule has 150 valence electrons. The Morgan fingerprint density at radius 1 is 1.18 bits per heavy atom. The molecular formula is C22H29N3O3. The van der Waals surface area contributed by atoms with Crippen LogP contribution in [0.4, 0.5) is 0 Å². The topological polar surface area (TPSA) is 71.6 Å². The van der Waals surface area contributed by atoms with Gasteiger partial charge in [0.2, 0.25) is 5.91 Å². The van der Waals surface area contributed by atoms with Crippen molar-refractivity contribution in [1.82, 2.24) is 16.2 Å². The van der Waals surface area contributed by atoms with E-state index in [1.54, 1.807) is 7.11 Å². The molecule has 0 aliphatic carbocycles. The Bertz CT molecular complexity index is 764. The lowest BCUT2D eigenvalue weighted by molar-refractivity contribution is -0.125. The summed E-state index contributed by atoms with van der Waals surface area (Å²) < 4.78 is 11.1. The predicted octanol–water partition coefficient (Wildman–Crippen LogP) is 2.96. The number of para-hydroxylation sites is 1. The second kappa shape index (κ2) is 10.1. The molecule has 1 fully saturated rings. The van der Waals surface area contributed by atoms with E-state index in [4.69, 9.17) is 9.47 Å². The van der Waals surface area contributed by atoms with Gasteiger partial charge in [0.15, 0.2) is 0 Å². The van der Waals surface area contributed by atoms with Gasteiger partial charge in [-0.05, 0) is 30.2 Å². The molecule has 3 rings (SSSR count). The molecule has 6 heteroatoms. The first-order valence-electron chi connectivity index (χ1n) is 9.83. The maximum absolute atomic E-state index is 12.8. The van der Waals surface area contributed by atoms with Gasteiger partial charge in [0.1, 0.15) is 11.5 Å². The van der Waals surface area contributed by atoms with Crippen LogP contribution in [0.15, 0.2) is 48.5 Å². The molecule has 1 amide bonds. The molecule has 0 aromatic heterocycles. The summed E-state index contributed by atoms with van der Waals surface area (Å²) in [6, 6.07) is 15.6. The number of carbonyl (C=O) groups is 1. The molecule has 28 heavy (non-hydrogen) atoms. The number of amides is 1. The highest BCUT2D eigenvalue weighted by Crippen LogP contribution is 2.27. The largest absolute Gasteiger partial charge is 0.496 e.